The smallest absolute Gasteiger partial charge is 0.257 e. The second kappa shape index (κ2) is 6.19. The largest absolute Gasteiger partial charge is 0.339 e. The van der Waals surface area contributed by atoms with Gasteiger partial charge in [0.1, 0.15) is 0 Å². The summed E-state index contributed by atoms with van der Waals surface area (Å²) in [5, 5.41) is 4.30. The van der Waals surface area contributed by atoms with Gasteiger partial charge in [-0.1, -0.05) is 6.92 Å². The molecule has 2 N–H and O–H groups in total. The molecular weight excluding hydrogens is 240 g/mol. The molecule has 0 saturated carbocycles. The molecule has 0 aliphatic carbocycles. The summed E-state index contributed by atoms with van der Waals surface area (Å²) in [6, 6.07) is 0. The minimum atomic E-state index is 0.128. The number of nitrogens with two attached hydrogens (primary N) is 1. The number of aromatic nitrogens is 2. The van der Waals surface area contributed by atoms with Gasteiger partial charge in [0.25, 0.3) is 5.91 Å². The van der Waals surface area contributed by atoms with Gasteiger partial charge >= 0.3 is 0 Å². The Bertz CT molecular complexity index is 433. The van der Waals surface area contributed by atoms with E-state index in [-0.39, 0.29) is 5.91 Å². The topological polar surface area (TPSA) is 64.2 Å². The van der Waals surface area contributed by atoms with Gasteiger partial charge in [-0.3, -0.25) is 9.48 Å². The van der Waals surface area contributed by atoms with Crippen LogP contribution in [-0.2, 0) is 6.54 Å². The van der Waals surface area contributed by atoms with Gasteiger partial charge in [0.05, 0.1) is 11.8 Å². The molecule has 0 atom stereocenters. The van der Waals surface area contributed by atoms with Crippen molar-refractivity contribution >= 4 is 5.91 Å². The molecule has 0 spiro atoms. The molecule has 0 aromatic carbocycles. The Balaban J connectivity index is 2.05. The number of aryl methyl sites for hydroxylation is 1. The minimum absolute atomic E-state index is 0.128. The predicted octanol–water partition coefficient (Wildman–Crippen LogP) is 1.41. The van der Waals surface area contributed by atoms with E-state index in [0.29, 0.717) is 6.54 Å². The first-order chi connectivity index (χ1) is 9.13. The van der Waals surface area contributed by atoms with E-state index in [0.717, 1.165) is 56.1 Å². The summed E-state index contributed by atoms with van der Waals surface area (Å²) in [5.74, 6) is 0.862. The fourth-order valence-electron chi connectivity index (χ4n) is 2.50. The number of hydrogen-bond donors (Lipinski definition) is 1. The van der Waals surface area contributed by atoms with Gasteiger partial charge in [0, 0.05) is 25.3 Å². The van der Waals surface area contributed by atoms with Crippen LogP contribution in [0.2, 0.25) is 0 Å². The summed E-state index contributed by atoms with van der Waals surface area (Å²) in [5.41, 5.74) is 7.20. The molecule has 1 amide bonds. The maximum absolute atomic E-state index is 12.5. The van der Waals surface area contributed by atoms with Gasteiger partial charge in [0.15, 0.2) is 0 Å². The number of nitrogens with zero attached hydrogens (tertiary/aromatic N) is 3. The Morgan fingerprint density at radius 1 is 1.47 bits per heavy atom. The van der Waals surface area contributed by atoms with E-state index in [2.05, 4.69) is 12.0 Å². The fraction of sp³-hybridized carbons (Fsp3) is 0.714. The summed E-state index contributed by atoms with van der Waals surface area (Å²) >= 11 is 0. The van der Waals surface area contributed by atoms with Gasteiger partial charge < -0.3 is 10.6 Å². The Hall–Kier alpha value is -1.36. The standard InChI is InChI=1S/C14H24N4O/c1-11-4-8-17(9-5-11)14(19)13-10-16-18(12(13)2)7-3-6-15/h10-11H,3-9,15H2,1-2H3. The van der Waals surface area contributed by atoms with Crippen molar-refractivity contribution in [3.8, 4) is 0 Å². The quantitative estimate of drug-likeness (QED) is 0.894. The van der Waals surface area contributed by atoms with Crippen LogP contribution in [0.1, 0.15) is 42.2 Å². The fourth-order valence-corrected chi connectivity index (χ4v) is 2.50. The van der Waals surface area contributed by atoms with Gasteiger partial charge in [-0.05, 0) is 38.6 Å². The SMILES string of the molecule is Cc1c(C(=O)N2CCC(C)CC2)cnn1CCCN. The lowest BCUT2D eigenvalue weighted by atomic mass is 9.99. The summed E-state index contributed by atoms with van der Waals surface area (Å²) in [4.78, 5) is 14.4. The number of amides is 1. The molecule has 1 aromatic rings. The van der Waals surface area contributed by atoms with Crippen LogP contribution in [0.3, 0.4) is 0 Å². The second-order valence-electron chi connectivity index (χ2n) is 5.48. The first kappa shape index (κ1) is 14.1. The molecule has 5 nitrogen and oxygen atoms in total. The molecule has 2 rings (SSSR count). The number of hydrogen-bond acceptors (Lipinski definition) is 3. The Morgan fingerprint density at radius 3 is 2.79 bits per heavy atom. The van der Waals surface area contributed by atoms with Crippen molar-refractivity contribution in [2.75, 3.05) is 19.6 Å². The van der Waals surface area contributed by atoms with Gasteiger partial charge in [-0.25, -0.2) is 0 Å². The highest BCUT2D eigenvalue weighted by atomic mass is 16.2. The van der Waals surface area contributed by atoms with Crippen LogP contribution in [0.5, 0.6) is 0 Å². The van der Waals surface area contributed by atoms with Gasteiger partial charge in [0.2, 0.25) is 0 Å². The molecule has 0 unspecified atom stereocenters. The van der Waals surface area contributed by atoms with Crippen LogP contribution >= 0.6 is 0 Å². The van der Waals surface area contributed by atoms with Gasteiger partial charge in [-0.15, -0.1) is 0 Å². The Labute approximate surface area is 114 Å². The third-order valence-corrected chi connectivity index (χ3v) is 3.98. The zero-order valence-corrected chi connectivity index (χ0v) is 11.9. The number of carbonyl (C=O) groups is 1. The zero-order valence-electron chi connectivity index (χ0n) is 11.9. The average Bonchev–Trinajstić information content (AvgIpc) is 2.78. The van der Waals surface area contributed by atoms with Crippen LogP contribution in [0, 0.1) is 12.8 Å². The number of rotatable bonds is 4. The molecule has 5 heteroatoms. The van der Waals surface area contributed by atoms with Gasteiger partial charge in [-0.2, -0.15) is 5.10 Å². The van der Waals surface area contributed by atoms with Crippen molar-refractivity contribution in [3.63, 3.8) is 0 Å². The van der Waals surface area contributed by atoms with Crippen LogP contribution in [0.25, 0.3) is 0 Å². The minimum Gasteiger partial charge on any atom is -0.339 e. The molecule has 2 heterocycles. The van der Waals surface area contributed by atoms with E-state index in [1.54, 1.807) is 6.20 Å². The van der Waals surface area contributed by atoms with Crippen molar-refractivity contribution in [2.45, 2.75) is 39.7 Å². The number of carbonyl (C=O) groups excluding carboxylic acids is 1. The first-order valence-electron chi connectivity index (χ1n) is 7.15. The van der Waals surface area contributed by atoms with Crippen molar-refractivity contribution in [2.24, 2.45) is 11.7 Å². The molecule has 0 radical (unpaired) electrons. The molecule has 106 valence electrons. The van der Waals surface area contributed by atoms with E-state index >= 15 is 0 Å². The maximum atomic E-state index is 12.5. The molecule has 1 saturated heterocycles. The molecule has 19 heavy (non-hydrogen) atoms. The van der Waals surface area contributed by atoms with E-state index in [1.807, 2.05) is 16.5 Å². The lowest BCUT2D eigenvalue weighted by molar-refractivity contribution is 0.0696. The molecule has 1 aliphatic heterocycles. The molecule has 0 bridgehead atoms. The normalized spacial score (nSPS) is 16.9. The van der Waals surface area contributed by atoms with Crippen LogP contribution < -0.4 is 5.73 Å². The third-order valence-electron chi connectivity index (χ3n) is 3.98. The van der Waals surface area contributed by atoms with E-state index < -0.39 is 0 Å². The first-order valence-corrected chi connectivity index (χ1v) is 7.15. The number of piperidine rings is 1. The summed E-state index contributed by atoms with van der Waals surface area (Å²) in [6.45, 7) is 7.38. The van der Waals surface area contributed by atoms with Crippen molar-refractivity contribution in [3.05, 3.63) is 17.5 Å². The summed E-state index contributed by atoms with van der Waals surface area (Å²) in [6.07, 6.45) is 4.79. The Morgan fingerprint density at radius 2 is 2.16 bits per heavy atom. The average molecular weight is 264 g/mol. The molecular formula is C14H24N4O. The molecule has 1 fully saturated rings. The van der Waals surface area contributed by atoms with Crippen molar-refractivity contribution in [1.82, 2.24) is 14.7 Å². The summed E-state index contributed by atoms with van der Waals surface area (Å²) < 4.78 is 1.88. The zero-order chi connectivity index (χ0) is 13.8. The van der Waals surface area contributed by atoms with Crippen LogP contribution in [0.15, 0.2) is 6.20 Å². The second-order valence-corrected chi connectivity index (χ2v) is 5.48. The Kier molecular flexibility index (Phi) is 4.58. The highest BCUT2D eigenvalue weighted by Crippen LogP contribution is 2.19. The van der Waals surface area contributed by atoms with Crippen molar-refractivity contribution < 1.29 is 4.79 Å². The van der Waals surface area contributed by atoms with Crippen LogP contribution in [-0.4, -0.2) is 40.2 Å². The number of likely N-dealkylation sites (tertiary alicyclic amines) is 1. The monoisotopic (exact) mass is 264 g/mol. The van der Waals surface area contributed by atoms with E-state index in [1.165, 1.54) is 0 Å². The van der Waals surface area contributed by atoms with E-state index in [9.17, 15) is 4.79 Å². The van der Waals surface area contributed by atoms with E-state index in [4.69, 9.17) is 5.73 Å². The molecule has 1 aliphatic rings. The van der Waals surface area contributed by atoms with Crippen molar-refractivity contribution in [1.29, 1.82) is 0 Å². The lowest BCUT2D eigenvalue weighted by Gasteiger charge is -2.30. The maximum Gasteiger partial charge on any atom is 0.257 e. The predicted molar refractivity (Wildman–Crippen MR) is 74.9 cm³/mol. The highest BCUT2D eigenvalue weighted by molar-refractivity contribution is 5.95. The summed E-state index contributed by atoms with van der Waals surface area (Å²) in [7, 11) is 0. The van der Waals surface area contributed by atoms with Crippen LogP contribution in [0.4, 0.5) is 0 Å². The molecule has 1 aromatic heterocycles. The lowest BCUT2D eigenvalue weighted by Crippen LogP contribution is -2.38. The highest BCUT2D eigenvalue weighted by Gasteiger charge is 2.24. The third kappa shape index (κ3) is 3.15.